The molecule has 0 spiro atoms. The van der Waals surface area contributed by atoms with Gasteiger partial charge in [-0.1, -0.05) is 23.2 Å². The molecule has 0 saturated carbocycles. The van der Waals surface area contributed by atoms with Crippen LogP contribution in [0.5, 0.6) is 5.75 Å². The van der Waals surface area contributed by atoms with Gasteiger partial charge in [-0.15, -0.1) is 0 Å². The van der Waals surface area contributed by atoms with Crippen molar-refractivity contribution < 1.29 is 9.53 Å². The Morgan fingerprint density at radius 1 is 1.00 bits per heavy atom. The van der Waals surface area contributed by atoms with Gasteiger partial charge in [-0.2, -0.15) is 0 Å². The number of aryl methyl sites for hydroxylation is 2. The summed E-state index contributed by atoms with van der Waals surface area (Å²) in [5, 5.41) is 0.865. The molecule has 0 amide bonds. The molecule has 2 aromatic rings. The minimum Gasteiger partial charge on any atom is -0.496 e. The first kappa shape index (κ1) is 14.9. The Morgan fingerprint density at radius 3 is 2.30 bits per heavy atom. The number of ether oxygens (including phenoxy) is 1. The van der Waals surface area contributed by atoms with Crippen LogP contribution in [0, 0.1) is 13.8 Å². The van der Waals surface area contributed by atoms with Gasteiger partial charge in [0.05, 0.1) is 12.1 Å². The predicted molar refractivity (Wildman–Crippen MR) is 82.4 cm³/mol. The molecule has 0 aliphatic heterocycles. The Bertz CT molecular complexity index is 678. The summed E-state index contributed by atoms with van der Waals surface area (Å²) in [5.74, 6) is 0.649. The molecule has 0 saturated heterocycles. The average Bonchev–Trinajstić information content (AvgIpc) is 2.40. The van der Waals surface area contributed by atoms with E-state index < -0.39 is 0 Å². The summed E-state index contributed by atoms with van der Waals surface area (Å²) < 4.78 is 5.25. The molecule has 2 nitrogen and oxygen atoms in total. The molecule has 4 heteroatoms. The van der Waals surface area contributed by atoms with Crippen molar-refractivity contribution in [1.29, 1.82) is 0 Å². The van der Waals surface area contributed by atoms with E-state index in [-0.39, 0.29) is 5.78 Å². The first-order valence-corrected chi connectivity index (χ1v) is 6.84. The quantitative estimate of drug-likeness (QED) is 0.758. The van der Waals surface area contributed by atoms with Crippen molar-refractivity contribution in [2.24, 2.45) is 0 Å². The first-order chi connectivity index (χ1) is 9.43. The third kappa shape index (κ3) is 2.82. The SMILES string of the molecule is COc1cc(C)c(C(=O)c2ccc(Cl)cc2Cl)cc1C. The molecule has 2 aromatic carbocycles. The normalized spacial score (nSPS) is 10.4. The van der Waals surface area contributed by atoms with Crippen molar-refractivity contribution in [2.75, 3.05) is 7.11 Å². The van der Waals surface area contributed by atoms with E-state index in [0.717, 1.165) is 16.9 Å². The van der Waals surface area contributed by atoms with E-state index in [2.05, 4.69) is 0 Å². The fourth-order valence-electron chi connectivity index (χ4n) is 2.07. The lowest BCUT2D eigenvalue weighted by atomic mass is 9.96. The summed E-state index contributed by atoms with van der Waals surface area (Å²) in [4.78, 5) is 12.6. The van der Waals surface area contributed by atoms with Crippen LogP contribution in [-0.2, 0) is 0 Å². The largest absolute Gasteiger partial charge is 0.496 e. The lowest BCUT2D eigenvalue weighted by Crippen LogP contribution is -2.05. The topological polar surface area (TPSA) is 26.3 Å². The predicted octanol–water partition coefficient (Wildman–Crippen LogP) is 4.85. The maximum absolute atomic E-state index is 12.6. The Kier molecular flexibility index (Phi) is 4.36. The summed E-state index contributed by atoms with van der Waals surface area (Å²) in [7, 11) is 1.61. The Morgan fingerprint density at radius 2 is 1.70 bits per heavy atom. The summed E-state index contributed by atoms with van der Waals surface area (Å²) in [6, 6.07) is 8.55. The van der Waals surface area contributed by atoms with Gasteiger partial charge < -0.3 is 4.74 Å². The molecule has 0 aliphatic rings. The van der Waals surface area contributed by atoms with E-state index in [0.29, 0.717) is 21.2 Å². The van der Waals surface area contributed by atoms with Gasteiger partial charge in [0.25, 0.3) is 0 Å². The molecule has 0 aliphatic carbocycles. The van der Waals surface area contributed by atoms with Crippen LogP contribution in [0.1, 0.15) is 27.0 Å². The summed E-state index contributed by atoms with van der Waals surface area (Å²) in [6.45, 7) is 3.78. The highest BCUT2D eigenvalue weighted by atomic mass is 35.5. The molecule has 0 atom stereocenters. The van der Waals surface area contributed by atoms with Crippen LogP contribution in [0.4, 0.5) is 0 Å². The van der Waals surface area contributed by atoms with Crippen molar-refractivity contribution in [3.8, 4) is 5.75 Å². The maximum atomic E-state index is 12.6. The molecule has 0 radical (unpaired) electrons. The van der Waals surface area contributed by atoms with Crippen LogP contribution in [0.25, 0.3) is 0 Å². The Labute approximate surface area is 128 Å². The van der Waals surface area contributed by atoms with Gasteiger partial charge in [-0.05, 0) is 55.3 Å². The van der Waals surface area contributed by atoms with Gasteiger partial charge >= 0.3 is 0 Å². The molecular formula is C16H14Cl2O2. The zero-order chi connectivity index (χ0) is 14.9. The second kappa shape index (κ2) is 5.86. The highest BCUT2D eigenvalue weighted by Gasteiger charge is 2.17. The van der Waals surface area contributed by atoms with Crippen LogP contribution in [0.2, 0.25) is 10.0 Å². The fraction of sp³-hybridized carbons (Fsp3) is 0.188. The van der Waals surface area contributed by atoms with Crippen LogP contribution < -0.4 is 4.74 Å². The van der Waals surface area contributed by atoms with E-state index in [1.54, 1.807) is 25.3 Å². The van der Waals surface area contributed by atoms with E-state index in [1.807, 2.05) is 26.0 Å². The number of rotatable bonds is 3. The molecule has 0 heterocycles. The molecule has 2 rings (SSSR count). The van der Waals surface area contributed by atoms with Gasteiger partial charge in [-0.3, -0.25) is 4.79 Å². The number of hydrogen-bond donors (Lipinski definition) is 0. The number of carbonyl (C=O) groups excluding carboxylic acids is 1. The van der Waals surface area contributed by atoms with Crippen molar-refractivity contribution >= 4 is 29.0 Å². The van der Waals surface area contributed by atoms with Crippen molar-refractivity contribution in [2.45, 2.75) is 13.8 Å². The summed E-state index contributed by atoms with van der Waals surface area (Å²) >= 11 is 11.9. The second-order valence-electron chi connectivity index (χ2n) is 4.59. The van der Waals surface area contributed by atoms with Crippen molar-refractivity contribution in [3.63, 3.8) is 0 Å². The van der Waals surface area contributed by atoms with Crippen molar-refractivity contribution in [1.82, 2.24) is 0 Å². The monoisotopic (exact) mass is 308 g/mol. The van der Waals surface area contributed by atoms with Crippen LogP contribution >= 0.6 is 23.2 Å². The number of benzene rings is 2. The zero-order valence-electron chi connectivity index (χ0n) is 11.5. The highest BCUT2D eigenvalue weighted by molar-refractivity contribution is 6.37. The molecule has 0 N–H and O–H groups in total. The molecule has 104 valence electrons. The standard InChI is InChI=1S/C16H14Cl2O2/c1-9-7-15(20-3)10(2)6-13(9)16(19)12-5-4-11(17)8-14(12)18/h4-8H,1-3H3. The highest BCUT2D eigenvalue weighted by Crippen LogP contribution is 2.28. The molecule has 0 aromatic heterocycles. The number of halogens is 2. The van der Waals surface area contributed by atoms with Gasteiger partial charge in [0.15, 0.2) is 5.78 Å². The Hall–Kier alpha value is -1.51. The molecule has 0 bridgehead atoms. The summed E-state index contributed by atoms with van der Waals surface area (Å²) in [5.41, 5.74) is 2.83. The zero-order valence-corrected chi connectivity index (χ0v) is 13.0. The van der Waals surface area contributed by atoms with E-state index in [4.69, 9.17) is 27.9 Å². The number of hydrogen-bond acceptors (Lipinski definition) is 2. The second-order valence-corrected chi connectivity index (χ2v) is 5.43. The minimum absolute atomic E-state index is 0.116. The van der Waals surface area contributed by atoms with Crippen LogP contribution in [0.3, 0.4) is 0 Å². The first-order valence-electron chi connectivity index (χ1n) is 6.09. The number of ketones is 1. The van der Waals surface area contributed by atoms with Gasteiger partial charge in [0.1, 0.15) is 5.75 Å². The molecular weight excluding hydrogens is 295 g/mol. The van der Waals surface area contributed by atoms with Crippen molar-refractivity contribution in [3.05, 3.63) is 62.6 Å². The molecule has 20 heavy (non-hydrogen) atoms. The van der Waals surface area contributed by atoms with Crippen LogP contribution in [0.15, 0.2) is 30.3 Å². The van der Waals surface area contributed by atoms with Gasteiger partial charge in [0.2, 0.25) is 0 Å². The average molecular weight is 309 g/mol. The molecule has 0 unspecified atom stereocenters. The Balaban J connectivity index is 2.51. The lowest BCUT2D eigenvalue weighted by Gasteiger charge is -2.11. The summed E-state index contributed by atoms with van der Waals surface area (Å²) in [6.07, 6.45) is 0. The van der Waals surface area contributed by atoms with E-state index in [9.17, 15) is 4.79 Å². The maximum Gasteiger partial charge on any atom is 0.194 e. The van der Waals surface area contributed by atoms with E-state index >= 15 is 0 Å². The van der Waals surface area contributed by atoms with Crippen LogP contribution in [-0.4, -0.2) is 12.9 Å². The van der Waals surface area contributed by atoms with E-state index in [1.165, 1.54) is 0 Å². The minimum atomic E-state index is -0.116. The fourth-order valence-corrected chi connectivity index (χ4v) is 2.57. The number of carbonyl (C=O) groups is 1. The van der Waals surface area contributed by atoms with Gasteiger partial charge in [-0.25, -0.2) is 0 Å². The number of methoxy groups -OCH3 is 1. The van der Waals surface area contributed by atoms with Gasteiger partial charge in [0, 0.05) is 16.1 Å². The molecule has 0 fully saturated rings. The smallest absolute Gasteiger partial charge is 0.194 e. The lowest BCUT2D eigenvalue weighted by molar-refractivity contribution is 0.103. The third-order valence-corrected chi connectivity index (χ3v) is 3.71. The third-order valence-electron chi connectivity index (χ3n) is 3.16.